The molecule has 0 atom stereocenters. The number of aliphatic hydroxyl groups is 1. The highest BCUT2D eigenvalue weighted by atomic mass is 16.5. The molecule has 0 aliphatic heterocycles. The molecule has 0 amide bonds. The first-order chi connectivity index (χ1) is 7.74. The third-order valence-electron chi connectivity index (χ3n) is 3.29. The zero-order valence-electron chi connectivity index (χ0n) is 9.48. The van der Waals surface area contributed by atoms with Crippen LogP contribution in [0, 0.1) is 0 Å². The fourth-order valence-electron chi connectivity index (χ4n) is 2.34. The maximum atomic E-state index is 8.65. The summed E-state index contributed by atoms with van der Waals surface area (Å²) in [7, 11) is 0. The normalized spacial score (nSPS) is 18.6. The van der Waals surface area contributed by atoms with Crippen molar-refractivity contribution in [1.29, 1.82) is 0 Å². The van der Waals surface area contributed by atoms with Gasteiger partial charge in [0.15, 0.2) is 0 Å². The first-order valence-electron chi connectivity index (χ1n) is 5.88. The summed E-state index contributed by atoms with van der Waals surface area (Å²) in [4.78, 5) is 0. The van der Waals surface area contributed by atoms with E-state index in [1.54, 1.807) is 0 Å². The van der Waals surface area contributed by atoms with Crippen LogP contribution in [0.4, 0.5) is 0 Å². The van der Waals surface area contributed by atoms with Crippen molar-refractivity contribution in [2.45, 2.75) is 31.2 Å². The highest BCUT2D eigenvalue weighted by Crippen LogP contribution is 2.36. The minimum Gasteiger partial charge on any atom is -0.491 e. The Balaban J connectivity index is 2.06. The third kappa shape index (κ3) is 2.36. The quantitative estimate of drug-likeness (QED) is 0.815. The van der Waals surface area contributed by atoms with Crippen LogP contribution in [0.15, 0.2) is 24.3 Å². The topological polar surface area (TPSA) is 55.5 Å². The summed E-state index contributed by atoms with van der Waals surface area (Å²) in [5.41, 5.74) is 7.42. The van der Waals surface area contributed by atoms with E-state index in [1.165, 1.54) is 18.4 Å². The van der Waals surface area contributed by atoms with Gasteiger partial charge in [0.25, 0.3) is 0 Å². The molecule has 0 bridgehead atoms. The lowest BCUT2D eigenvalue weighted by Crippen LogP contribution is -2.32. The number of rotatable bonds is 4. The van der Waals surface area contributed by atoms with E-state index in [4.69, 9.17) is 15.6 Å². The number of aliphatic hydroxyl groups excluding tert-OH is 1. The van der Waals surface area contributed by atoms with Crippen LogP contribution in [-0.4, -0.2) is 18.3 Å². The van der Waals surface area contributed by atoms with Crippen LogP contribution in [0.25, 0.3) is 0 Å². The van der Waals surface area contributed by atoms with Crippen LogP contribution in [0.1, 0.15) is 31.2 Å². The fraction of sp³-hybridized carbons (Fsp3) is 0.538. The van der Waals surface area contributed by atoms with Crippen LogP contribution in [0.2, 0.25) is 0 Å². The van der Waals surface area contributed by atoms with E-state index >= 15 is 0 Å². The Morgan fingerprint density at radius 2 is 1.81 bits per heavy atom. The fourth-order valence-corrected chi connectivity index (χ4v) is 2.34. The summed E-state index contributed by atoms with van der Waals surface area (Å²) in [6.45, 7) is 0.385. The second-order valence-corrected chi connectivity index (χ2v) is 4.46. The van der Waals surface area contributed by atoms with Gasteiger partial charge >= 0.3 is 0 Å². The maximum Gasteiger partial charge on any atom is 0.119 e. The lowest BCUT2D eigenvalue weighted by Gasteiger charge is -2.24. The number of ether oxygens (including phenoxy) is 1. The lowest BCUT2D eigenvalue weighted by molar-refractivity contribution is 0.201. The highest BCUT2D eigenvalue weighted by molar-refractivity contribution is 5.32. The molecule has 0 saturated heterocycles. The Labute approximate surface area is 96.2 Å². The number of nitrogens with two attached hydrogens (primary N) is 1. The van der Waals surface area contributed by atoms with Crippen molar-refractivity contribution < 1.29 is 9.84 Å². The third-order valence-corrected chi connectivity index (χ3v) is 3.29. The van der Waals surface area contributed by atoms with Gasteiger partial charge in [0.05, 0.1) is 6.61 Å². The molecule has 1 aromatic carbocycles. The number of benzene rings is 1. The molecule has 3 heteroatoms. The molecule has 0 radical (unpaired) electrons. The van der Waals surface area contributed by atoms with Gasteiger partial charge in [-0.3, -0.25) is 0 Å². The molecule has 0 spiro atoms. The molecule has 3 N–H and O–H groups in total. The molecule has 0 aromatic heterocycles. The molecule has 1 saturated carbocycles. The molecule has 1 aliphatic carbocycles. The lowest BCUT2D eigenvalue weighted by atomic mass is 9.89. The minimum absolute atomic E-state index is 0.0442. The van der Waals surface area contributed by atoms with E-state index in [0.29, 0.717) is 6.61 Å². The SMILES string of the molecule is NC1(c2ccc(OCCO)cc2)CCCC1. The number of hydrogen-bond donors (Lipinski definition) is 2. The number of hydrogen-bond acceptors (Lipinski definition) is 3. The van der Waals surface area contributed by atoms with Crippen LogP contribution in [0.5, 0.6) is 5.75 Å². The van der Waals surface area contributed by atoms with Gasteiger partial charge in [-0.25, -0.2) is 0 Å². The summed E-state index contributed by atoms with van der Waals surface area (Å²) in [5, 5.41) is 8.65. The summed E-state index contributed by atoms with van der Waals surface area (Å²) in [5.74, 6) is 0.791. The Morgan fingerprint density at radius 3 is 2.38 bits per heavy atom. The van der Waals surface area contributed by atoms with Gasteiger partial charge < -0.3 is 15.6 Å². The molecular weight excluding hydrogens is 202 g/mol. The van der Waals surface area contributed by atoms with Crippen LogP contribution in [0.3, 0.4) is 0 Å². The van der Waals surface area contributed by atoms with Crippen molar-refractivity contribution in [2.24, 2.45) is 5.73 Å². The predicted molar refractivity (Wildman–Crippen MR) is 63.4 cm³/mol. The van der Waals surface area contributed by atoms with Crippen molar-refractivity contribution in [3.63, 3.8) is 0 Å². The molecule has 3 nitrogen and oxygen atoms in total. The van der Waals surface area contributed by atoms with Gasteiger partial charge in [-0.1, -0.05) is 25.0 Å². The maximum absolute atomic E-state index is 8.65. The average Bonchev–Trinajstić information content (AvgIpc) is 2.75. The van der Waals surface area contributed by atoms with Crippen molar-refractivity contribution in [3.05, 3.63) is 29.8 Å². The smallest absolute Gasteiger partial charge is 0.119 e. The zero-order valence-corrected chi connectivity index (χ0v) is 9.48. The average molecular weight is 221 g/mol. The Hall–Kier alpha value is -1.06. The summed E-state index contributed by atoms with van der Waals surface area (Å²) in [6.07, 6.45) is 4.59. The summed E-state index contributed by atoms with van der Waals surface area (Å²) in [6, 6.07) is 7.94. The van der Waals surface area contributed by atoms with E-state index in [0.717, 1.165) is 18.6 Å². The predicted octanol–water partition coefficient (Wildman–Crippen LogP) is 1.79. The van der Waals surface area contributed by atoms with Gasteiger partial charge in [0.2, 0.25) is 0 Å². The molecule has 0 unspecified atom stereocenters. The summed E-state index contributed by atoms with van der Waals surface area (Å²) >= 11 is 0. The molecular formula is C13H19NO2. The standard InChI is InChI=1S/C13H19NO2/c14-13(7-1-2-8-13)11-3-5-12(6-4-11)16-10-9-15/h3-6,15H,1-2,7-10,14H2. The summed E-state index contributed by atoms with van der Waals surface area (Å²) < 4.78 is 5.31. The molecule has 1 aliphatic rings. The molecule has 0 heterocycles. The zero-order chi connectivity index (χ0) is 11.4. The Kier molecular flexibility index (Phi) is 3.46. The van der Waals surface area contributed by atoms with E-state index in [1.807, 2.05) is 24.3 Å². The van der Waals surface area contributed by atoms with E-state index in [-0.39, 0.29) is 12.1 Å². The second-order valence-electron chi connectivity index (χ2n) is 4.46. The van der Waals surface area contributed by atoms with E-state index in [9.17, 15) is 0 Å². The van der Waals surface area contributed by atoms with Gasteiger partial charge in [0, 0.05) is 5.54 Å². The van der Waals surface area contributed by atoms with Gasteiger partial charge in [-0.05, 0) is 30.5 Å². The molecule has 1 aromatic rings. The van der Waals surface area contributed by atoms with Crippen molar-refractivity contribution >= 4 is 0 Å². The van der Waals surface area contributed by atoms with Gasteiger partial charge in [0.1, 0.15) is 12.4 Å². The minimum atomic E-state index is -0.129. The largest absolute Gasteiger partial charge is 0.491 e. The van der Waals surface area contributed by atoms with Crippen molar-refractivity contribution in [3.8, 4) is 5.75 Å². The van der Waals surface area contributed by atoms with E-state index < -0.39 is 0 Å². The van der Waals surface area contributed by atoms with Gasteiger partial charge in [-0.15, -0.1) is 0 Å². The molecule has 1 fully saturated rings. The Bertz CT molecular complexity index is 328. The Morgan fingerprint density at radius 1 is 1.19 bits per heavy atom. The van der Waals surface area contributed by atoms with E-state index in [2.05, 4.69) is 0 Å². The van der Waals surface area contributed by atoms with Gasteiger partial charge in [-0.2, -0.15) is 0 Å². The molecule has 88 valence electrons. The van der Waals surface area contributed by atoms with Crippen molar-refractivity contribution in [2.75, 3.05) is 13.2 Å². The van der Waals surface area contributed by atoms with Crippen LogP contribution < -0.4 is 10.5 Å². The monoisotopic (exact) mass is 221 g/mol. The first kappa shape index (κ1) is 11.4. The molecule has 2 rings (SSSR count). The van der Waals surface area contributed by atoms with Crippen LogP contribution >= 0.6 is 0 Å². The highest BCUT2D eigenvalue weighted by Gasteiger charge is 2.30. The first-order valence-corrected chi connectivity index (χ1v) is 5.88. The van der Waals surface area contributed by atoms with Crippen LogP contribution in [-0.2, 0) is 5.54 Å². The second kappa shape index (κ2) is 4.85. The van der Waals surface area contributed by atoms with Crippen molar-refractivity contribution in [1.82, 2.24) is 0 Å². The molecule has 16 heavy (non-hydrogen) atoms.